The van der Waals surface area contributed by atoms with Crippen LogP contribution in [0.25, 0.3) is 11.1 Å². The topological polar surface area (TPSA) is 57.7 Å². The maximum atomic E-state index is 12.7. The Bertz CT molecular complexity index is 1450. The van der Waals surface area contributed by atoms with Crippen molar-refractivity contribution in [2.75, 3.05) is 7.11 Å². The standard InChI is InChI=1S/C33H31NO4/c1-5-13-26-20-27(33(2,3)32(35)36-4)21-29(30(26)37-22-24-14-8-6-9-15-24)28-18-12-19-34-31(28)38-23-25-16-10-7-11-17-25/h6-12,14-21H,22-23H2,1-4H3. The van der Waals surface area contributed by atoms with E-state index >= 15 is 0 Å². The average molecular weight is 506 g/mol. The Morgan fingerprint density at radius 1 is 0.842 bits per heavy atom. The molecule has 1 aromatic heterocycles. The molecule has 0 aliphatic carbocycles. The molecule has 0 saturated carbocycles. The van der Waals surface area contributed by atoms with Crippen molar-refractivity contribution in [3.63, 3.8) is 0 Å². The third kappa shape index (κ3) is 6.04. The van der Waals surface area contributed by atoms with Gasteiger partial charge in [0.2, 0.25) is 5.88 Å². The predicted octanol–water partition coefficient (Wildman–Crippen LogP) is 6.73. The van der Waals surface area contributed by atoms with Crippen molar-refractivity contribution in [1.82, 2.24) is 4.98 Å². The molecule has 1 heterocycles. The number of esters is 1. The first kappa shape index (κ1) is 26.5. The number of carbonyl (C=O) groups is 1. The second-order valence-electron chi connectivity index (χ2n) is 9.30. The fraction of sp³-hybridized carbons (Fsp3) is 0.212. The summed E-state index contributed by atoms with van der Waals surface area (Å²) in [4.78, 5) is 17.3. The van der Waals surface area contributed by atoms with Gasteiger partial charge in [0.1, 0.15) is 19.0 Å². The largest absolute Gasteiger partial charge is 0.487 e. The van der Waals surface area contributed by atoms with Crippen LogP contribution in [0.2, 0.25) is 0 Å². The summed E-state index contributed by atoms with van der Waals surface area (Å²) in [7, 11) is 1.39. The summed E-state index contributed by atoms with van der Waals surface area (Å²) in [6, 6.07) is 27.5. The van der Waals surface area contributed by atoms with Crippen molar-refractivity contribution in [3.05, 3.63) is 113 Å². The molecule has 5 heteroatoms. The average Bonchev–Trinajstić information content (AvgIpc) is 2.96. The van der Waals surface area contributed by atoms with E-state index in [1.165, 1.54) is 7.11 Å². The zero-order valence-corrected chi connectivity index (χ0v) is 22.2. The molecule has 0 spiro atoms. The molecule has 3 aromatic carbocycles. The van der Waals surface area contributed by atoms with Crippen LogP contribution in [0.1, 0.15) is 43.0 Å². The number of aromatic nitrogens is 1. The number of hydrogen-bond donors (Lipinski definition) is 0. The summed E-state index contributed by atoms with van der Waals surface area (Å²) < 4.78 is 17.7. The van der Waals surface area contributed by atoms with Crippen LogP contribution in [-0.2, 0) is 28.2 Å². The van der Waals surface area contributed by atoms with Crippen LogP contribution >= 0.6 is 0 Å². The Balaban J connectivity index is 1.86. The summed E-state index contributed by atoms with van der Waals surface area (Å²) in [5, 5.41) is 0. The molecule has 0 bridgehead atoms. The summed E-state index contributed by atoms with van der Waals surface area (Å²) in [6.45, 7) is 6.16. The van der Waals surface area contributed by atoms with Crippen LogP contribution in [0.3, 0.4) is 0 Å². The van der Waals surface area contributed by atoms with Gasteiger partial charge in [-0.1, -0.05) is 66.6 Å². The van der Waals surface area contributed by atoms with Gasteiger partial charge in [0, 0.05) is 17.3 Å². The molecule has 192 valence electrons. The van der Waals surface area contributed by atoms with Gasteiger partial charge >= 0.3 is 5.97 Å². The molecule has 0 radical (unpaired) electrons. The quantitative estimate of drug-likeness (QED) is 0.186. The van der Waals surface area contributed by atoms with E-state index in [1.807, 2.05) is 98.8 Å². The summed E-state index contributed by atoms with van der Waals surface area (Å²) >= 11 is 0. The van der Waals surface area contributed by atoms with Crippen molar-refractivity contribution >= 4 is 5.97 Å². The molecule has 0 aliphatic heterocycles. The molecule has 0 saturated heterocycles. The summed E-state index contributed by atoms with van der Waals surface area (Å²) in [5.74, 6) is 6.89. The monoisotopic (exact) mass is 505 g/mol. The first-order chi connectivity index (χ1) is 18.4. The van der Waals surface area contributed by atoms with Gasteiger partial charge in [-0.15, -0.1) is 5.92 Å². The van der Waals surface area contributed by atoms with E-state index in [0.29, 0.717) is 30.4 Å². The lowest BCUT2D eigenvalue weighted by atomic mass is 9.82. The number of hydrogen-bond acceptors (Lipinski definition) is 5. The lowest BCUT2D eigenvalue weighted by molar-refractivity contribution is -0.146. The Morgan fingerprint density at radius 3 is 2.08 bits per heavy atom. The molecular weight excluding hydrogens is 474 g/mol. The first-order valence-corrected chi connectivity index (χ1v) is 12.4. The van der Waals surface area contributed by atoms with Gasteiger partial charge in [0.25, 0.3) is 0 Å². The minimum Gasteiger partial charge on any atom is -0.487 e. The molecule has 0 N–H and O–H groups in total. The molecule has 0 unspecified atom stereocenters. The first-order valence-electron chi connectivity index (χ1n) is 12.4. The maximum absolute atomic E-state index is 12.7. The highest BCUT2D eigenvalue weighted by atomic mass is 16.5. The fourth-order valence-electron chi connectivity index (χ4n) is 4.11. The van der Waals surface area contributed by atoms with Gasteiger partial charge in [-0.05, 0) is 61.7 Å². The summed E-state index contributed by atoms with van der Waals surface area (Å²) in [5.41, 5.74) is 4.05. The third-order valence-corrected chi connectivity index (χ3v) is 6.27. The van der Waals surface area contributed by atoms with Gasteiger partial charge in [-0.2, -0.15) is 0 Å². The second kappa shape index (κ2) is 12.1. The number of nitrogens with zero attached hydrogens (tertiary/aromatic N) is 1. The van der Waals surface area contributed by atoms with E-state index in [1.54, 1.807) is 13.1 Å². The molecule has 0 fully saturated rings. The van der Waals surface area contributed by atoms with Crippen molar-refractivity contribution < 1.29 is 19.0 Å². The van der Waals surface area contributed by atoms with Gasteiger partial charge in [-0.25, -0.2) is 4.98 Å². The Morgan fingerprint density at radius 2 is 1.47 bits per heavy atom. The normalized spacial score (nSPS) is 10.7. The molecule has 0 atom stereocenters. The highest BCUT2D eigenvalue weighted by Crippen LogP contribution is 2.41. The van der Waals surface area contributed by atoms with Crippen LogP contribution in [-0.4, -0.2) is 18.1 Å². The highest BCUT2D eigenvalue weighted by Gasteiger charge is 2.33. The lowest BCUT2D eigenvalue weighted by Crippen LogP contribution is -2.30. The number of carbonyl (C=O) groups excluding carboxylic acids is 1. The van der Waals surface area contributed by atoms with Crippen molar-refractivity contribution in [2.24, 2.45) is 0 Å². The van der Waals surface area contributed by atoms with Gasteiger partial charge in [-0.3, -0.25) is 4.79 Å². The molecule has 4 aromatic rings. The van der Waals surface area contributed by atoms with Crippen LogP contribution < -0.4 is 9.47 Å². The number of methoxy groups -OCH3 is 1. The number of benzene rings is 3. The van der Waals surface area contributed by atoms with Gasteiger partial charge in [0.15, 0.2) is 0 Å². The SMILES string of the molecule is CC#Cc1cc(C(C)(C)C(=O)OC)cc(-c2cccnc2OCc2ccccc2)c1OCc1ccccc1. The lowest BCUT2D eigenvalue weighted by Gasteiger charge is -2.25. The Kier molecular flexibility index (Phi) is 8.45. The highest BCUT2D eigenvalue weighted by molar-refractivity contribution is 5.85. The zero-order valence-electron chi connectivity index (χ0n) is 22.2. The summed E-state index contributed by atoms with van der Waals surface area (Å²) in [6.07, 6.45) is 1.70. The van der Waals surface area contributed by atoms with E-state index in [0.717, 1.165) is 27.8 Å². The fourth-order valence-corrected chi connectivity index (χ4v) is 4.11. The van der Waals surface area contributed by atoms with E-state index in [9.17, 15) is 4.79 Å². The van der Waals surface area contributed by atoms with E-state index < -0.39 is 5.41 Å². The molecule has 4 rings (SSSR count). The smallest absolute Gasteiger partial charge is 0.315 e. The van der Waals surface area contributed by atoms with E-state index in [2.05, 4.69) is 16.8 Å². The van der Waals surface area contributed by atoms with Gasteiger partial charge < -0.3 is 14.2 Å². The number of ether oxygens (including phenoxy) is 3. The molecular formula is C33H31NO4. The van der Waals surface area contributed by atoms with E-state index in [4.69, 9.17) is 14.2 Å². The van der Waals surface area contributed by atoms with Crippen molar-refractivity contribution in [3.8, 4) is 34.6 Å². The van der Waals surface area contributed by atoms with Crippen LogP contribution in [0.4, 0.5) is 0 Å². The van der Waals surface area contributed by atoms with Crippen molar-refractivity contribution in [1.29, 1.82) is 0 Å². The van der Waals surface area contributed by atoms with E-state index in [-0.39, 0.29) is 5.97 Å². The minimum absolute atomic E-state index is 0.344. The molecule has 0 aliphatic rings. The molecule has 5 nitrogen and oxygen atoms in total. The Labute approximate surface area is 224 Å². The molecule has 38 heavy (non-hydrogen) atoms. The van der Waals surface area contributed by atoms with Crippen molar-refractivity contribution in [2.45, 2.75) is 39.4 Å². The predicted molar refractivity (Wildman–Crippen MR) is 149 cm³/mol. The number of rotatable bonds is 9. The van der Waals surface area contributed by atoms with Crippen LogP contribution in [0, 0.1) is 11.8 Å². The minimum atomic E-state index is -0.918. The second-order valence-corrected chi connectivity index (χ2v) is 9.30. The van der Waals surface area contributed by atoms with Gasteiger partial charge in [0.05, 0.1) is 18.1 Å². The number of pyridine rings is 1. The third-order valence-electron chi connectivity index (χ3n) is 6.27. The van der Waals surface area contributed by atoms with Crippen LogP contribution in [0.5, 0.6) is 11.6 Å². The molecule has 0 amide bonds. The zero-order chi connectivity index (χ0) is 27.0. The maximum Gasteiger partial charge on any atom is 0.315 e. The van der Waals surface area contributed by atoms with Crippen LogP contribution in [0.15, 0.2) is 91.1 Å². The Hall–Kier alpha value is -4.56.